The molecule has 1 unspecified atom stereocenters. The minimum Gasteiger partial charge on any atom is -0.341 e. The molecule has 21 heavy (non-hydrogen) atoms. The Balaban J connectivity index is 1.82. The number of halogens is 1. The Hall–Kier alpha value is -1.42. The molecule has 2 rings (SSSR count). The van der Waals surface area contributed by atoms with Gasteiger partial charge in [-0.15, -0.1) is 0 Å². The molecule has 0 saturated carbocycles. The van der Waals surface area contributed by atoms with Crippen molar-refractivity contribution in [3.8, 4) is 0 Å². The van der Waals surface area contributed by atoms with Crippen molar-refractivity contribution in [1.82, 2.24) is 10.2 Å². The number of rotatable bonds is 5. The van der Waals surface area contributed by atoms with Crippen LogP contribution in [0, 0.1) is 17.7 Å². The van der Waals surface area contributed by atoms with E-state index in [1.165, 1.54) is 12.1 Å². The lowest BCUT2D eigenvalue weighted by molar-refractivity contribution is -0.131. The highest BCUT2D eigenvalue weighted by Crippen LogP contribution is 2.25. The van der Waals surface area contributed by atoms with E-state index >= 15 is 0 Å². The van der Waals surface area contributed by atoms with E-state index in [4.69, 9.17) is 0 Å². The van der Waals surface area contributed by atoms with Gasteiger partial charge in [0.25, 0.3) is 0 Å². The average Bonchev–Trinajstić information content (AvgIpc) is 2.50. The lowest BCUT2D eigenvalue weighted by Crippen LogP contribution is -2.34. The Labute approximate surface area is 126 Å². The highest BCUT2D eigenvalue weighted by Gasteiger charge is 2.23. The fourth-order valence-corrected chi connectivity index (χ4v) is 2.96. The second kappa shape index (κ2) is 7.55. The Morgan fingerprint density at radius 2 is 1.95 bits per heavy atom. The van der Waals surface area contributed by atoms with E-state index in [0.717, 1.165) is 31.5 Å². The third-order valence-corrected chi connectivity index (χ3v) is 4.44. The first kappa shape index (κ1) is 16.0. The molecule has 1 atom stereocenters. The predicted molar refractivity (Wildman–Crippen MR) is 82.2 cm³/mol. The second-order valence-corrected chi connectivity index (χ2v) is 6.15. The van der Waals surface area contributed by atoms with Crippen LogP contribution in [0.5, 0.6) is 0 Å². The summed E-state index contributed by atoms with van der Waals surface area (Å²) >= 11 is 0. The summed E-state index contributed by atoms with van der Waals surface area (Å²) in [6.07, 6.45) is 2.93. The van der Waals surface area contributed by atoms with Gasteiger partial charge in [0.2, 0.25) is 5.91 Å². The number of nitrogens with zero attached hydrogens (tertiary/aromatic N) is 1. The van der Waals surface area contributed by atoms with E-state index in [1.807, 2.05) is 7.05 Å². The van der Waals surface area contributed by atoms with E-state index in [0.29, 0.717) is 24.8 Å². The van der Waals surface area contributed by atoms with Gasteiger partial charge in [0.1, 0.15) is 5.82 Å². The van der Waals surface area contributed by atoms with Crippen LogP contribution in [0.3, 0.4) is 0 Å². The topological polar surface area (TPSA) is 32.3 Å². The van der Waals surface area contributed by atoms with Crippen LogP contribution < -0.4 is 5.32 Å². The van der Waals surface area contributed by atoms with Crippen LogP contribution in [0.4, 0.5) is 4.39 Å². The van der Waals surface area contributed by atoms with Gasteiger partial charge in [-0.2, -0.15) is 0 Å². The summed E-state index contributed by atoms with van der Waals surface area (Å²) in [5.74, 6) is 1.00. The SMILES string of the molecule is CC(CC(=O)N(C)Cc1ccc(F)cc1)C1CCNCC1. The number of piperidine rings is 1. The molecule has 1 heterocycles. The predicted octanol–water partition coefficient (Wildman–Crippen LogP) is 2.81. The van der Waals surface area contributed by atoms with Crippen LogP contribution in [0.15, 0.2) is 24.3 Å². The van der Waals surface area contributed by atoms with Crippen LogP contribution in [0.1, 0.15) is 31.7 Å². The van der Waals surface area contributed by atoms with E-state index in [9.17, 15) is 9.18 Å². The van der Waals surface area contributed by atoms with Gasteiger partial charge in [0, 0.05) is 20.0 Å². The molecular formula is C17H25FN2O. The van der Waals surface area contributed by atoms with E-state index in [1.54, 1.807) is 17.0 Å². The lowest BCUT2D eigenvalue weighted by Gasteiger charge is -2.29. The molecule has 4 heteroatoms. The quantitative estimate of drug-likeness (QED) is 0.905. The number of amides is 1. The van der Waals surface area contributed by atoms with Crippen molar-refractivity contribution in [3.05, 3.63) is 35.6 Å². The fourth-order valence-electron chi connectivity index (χ4n) is 2.96. The molecule has 0 bridgehead atoms. The molecule has 0 spiro atoms. The van der Waals surface area contributed by atoms with Crippen molar-refractivity contribution in [2.45, 2.75) is 32.7 Å². The molecular weight excluding hydrogens is 267 g/mol. The molecule has 1 fully saturated rings. The first-order valence-electron chi connectivity index (χ1n) is 7.75. The summed E-state index contributed by atoms with van der Waals surface area (Å²) in [6, 6.07) is 6.33. The van der Waals surface area contributed by atoms with Crippen LogP contribution >= 0.6 is 0 Å². The van der Waals surface area contributed by atoms with Crippen molar-refractivity contribution in [2.24, 2.45) is 11.8 Å². The Morgan fingerprint density at radius 3 is 2.57 bits per heavy atom. The zero-order valence-electron chi connectivity index (χ0n) is 12.9. The first-order chi connectivity index (χ1) is 10.1. The van der Waals surface area contributed by atoms with Crippen molar-refractivity contribution >= 4 is 5.91 Å². The third-order valence-electron chi connectivity index (χ3n) is 4.44. The highest BCUT2D eigenvalue weighted by atomic mass is 19.1. The molecule has 1 aliphatic rings. The summed E-state index contributed by atoms with van der Waals surface area (Å²) in [5, 5.41) is 3.36. The molecule has 1 aromatic rings. The minimum absolute atomic E-state index is 0.172. The molecule has 1 amide bonds. The van der Waals surface area contributed by atoms with Crippen molar-refractivity contribution in [3.63, 3.8) is 0 Å². The molecule has 0 aliphatic carbocycles. The molecule has 1 N–H and O–H groups in total. The normalized spacial score (nSPS) is 17.5. The van der Waals surface area contributed by atoms with Crippen molar-refractivity contribution in [1.29, 1.82) is 0 Å². The van der Waals surface area contributed by atoms with Gasteiger partial charge < -0.3 is 10.2 Å². The van der Waals surface area contributed by atoms with E-state index in [2.05, 4.69) is 12.2 Å². The molecule has 1 saturated heterocycles. The smallest absolute Gasteiger partial charge is 0.222 e. The second-order valence-electron chi connectivity index (χ2n) is 6.15. The molecule has 116 valence electrons. The molecule has 3 nitrogen and oxygen atoms in total. The number of carbonyl (C=O) groups is 1. The number of benzene rings is 1. The fraction of sp³-hybridized carbons (Fsp3) is 0.588. The first-order valence-corrected chi connectivity index (χ1v) is 7.75. The Morgan fingerprint density at radius 1 is 1.33 bits per heavy atom. The van der Waals surface area contributed by atoms with Gasteiger partial charge in [-0.25, -0.2) is 4.39 Å². The number of carbonyl (C=O) groups excluding carboxylic acids is 1. The summed E-state index contributed by atoms with van der Waals surface area (Å²) in [6.45, 7) is 4.85. The zero-order chi connectivity index (χ0) is 15.2. The molecule has 0 radical (unpaired) electrons. The minimum atomic E-state index is -0.243. The van der Waals surface area contributed by atoms with Gasteiger partial charge in [0.05, 0.1) is 0 Å². The average molecular weight is 292 g/mol. The summed E-state index contributed by atoms with van der Waals surface area (Å²) < 4.78 is 12.9. The van der Waals surface area contributed by atoms with Gasteiger partial charge in [-0.1, -0.05) is 19.1 Å². The van der Waals surface area contributed by atoms with Crippen LogP contribution in [0.25, 0.3) is 0 Å². The van der Waals surface area contributed by atoms with E-state index in [-0.39, 0.29) is 11.7 Å². The third kappa shape index (κ3) is 4.81. The van der Waals surface area contributed by atoms with Crippen molar-refractivity contribution < 1.29 is 9.18 Å². The summed E-state index contributed by atoms with van der Waals surface area (Å²) in [7, 11) is 1.82. The van der Waals surface area contributed by atoms with Gasteiger partial charge >= 0.3 is 0 Å². The molecule has 1 aromatic carbocycles. The van der Waals surface area contributed by atoms with Crippen molar-refractivity contribution in [2.75, 3.05) is 20.1 Å². The van der Waals surface area contributed by atoms with Crippen LogP contribution in [-0.2, 0) is 11.3 Å². The standard InChI is InChI=1S/C17H25FN2O/c1-13(15-7-9-19-10-8-15)11-17(21)20(2)12-14-3-5-16(18)6-4-14/h3-6,13,15,19H,7-12H2,1-2H3. The Bertz CT molecular complexity index is 454. The van der Waals surface area contributed by atoms with Gasteiger partial charge in [-0.05, 0) is 55.5 Å². The lowest BCUT2D eigenvalue weighted by atomic mass is 9.84. The molecule has 1 aliphatic heterocycles. The maximum absolute atomic E-state index is 12.9. The summed E-state index contributed by atoms with van der Waals surface area (Å²) in [4.78, 5) is 14.0. The molecule has 0 aromatic heterocycles. The number of hydrogen-bond donors (Lipinski definition) is 1. The van der Waals surface area contributed by atoms with Gasteiger partial charge in [-0.3, -0.25) is 4.79 Å². The van der Waals surface area contributed by atoms with Gasteiger partial charge in [0.15, 0.2) is 0 Å². The zero-order valence-corrected chi connectivity index (χ0v) is 12.9. The monoisotopic (exact) mass is 292 g/mol. The highest BCUT2D eigenvalue weighted by molar-refractivity contribution is 5.76. The van der Waals surface area contributed by atoms with Crippen LogP contribution in [0.2, 0.25) is 0 Å². The number of nitrogens with one attached hydrogen (secondary N) is 1. The maximum atomic E-state index is 12.9. The Kier molecular flexibility index (Phi) is 5.74. The van der Waals surface area contributed by atoms with E-state index < -0.39 is 0 Å². The van der Waals surface area contributed by atoms with Crippen LogP contribution in [-0.4, -0.2) is 30.9 Å². The largest absolute Gasteiger partial charge is 0.341 e. The maximum Gasteiger partial charge on any atom is 0.222 e. The number of hydrogen-bond acceptors (Lipinski definition) is 2. The summed E-state index contributed by atoms with van der Waals surface area (Å²) in [5.41, 5.74) is 0.960.